The number of aromatic nitrogens is 2. The molecule has 0 atom stereocenters. The van der Waals surface area contributed by atoms with Crippen LogP contribution in [0.15, 0.2) is 18.2 Å². The highest BCUT2D eigenvalue weighted by Crippen LogP contribution is 2.29. The van der Waals surface area contributed by atoms with Crippen molar-refractivity contribution in [3.05, 3.63) is 40.2 Å². The van der Waals surface area contributed by atoms with Gasteiger partial charge in [0.2, 0.25) is 0 Å². The fraction of sp³-hybridized carbons (Fsp3) is 0.375. The minimum atomic E-state index is 0.452. The number of rotatable bonds is 8. The molecule has 0 aliphatic carbocycles. The Hall–Kier alpha value is -2.07. The summed E-state index contributed by atoms with van der Waals surface area (Å²) in [6.45, 7) is 4.01. The van der Waals surface area contributed by atoms with Crippen molar-refractivity contribution in [3.8, 4) is 17.6 Å². The molecule has 0 amide bonds. The number of aryl methyl sites for hydroxylation is 1. The highest BCUT2D eigenvalue weighted by Gasteiger charge is 2.13. The quantitative estimate of drug-likeness (QED) is 0.724. The van der Waals surface area contributed by atoms with E-state index in [2.05, 4.69) is 21.6 Å². The van der Waals surface area contributed by atoms with E-state index in [-0.39, 0.29) is 0 Å². The average Bonchev–Trinajstić information content (AvgIpc) is 2.87. The molecule has 122 valence electrons. The third kappa shape index (κ3) is 4.96. The molecule has 0 saturated carbocycles. The monoisotopic (exact) mass is 334 g/mol. The molecule has 0 aliphatic rings. The number of aromatic amines is 1. The molecule has 1 aromatic heterocycles. The van der Waals surface area contributed by atoms with Crippen molar-refractivity contribution in [1.82, 2.24) is 15.5 Å². The van der Waals surface area contributed by atoms with Crippen LogP contribution in [0, 0.1) is 18.3 Å². The van der Waals surface area contributed by atoms with Gasteiger partial charge in [0.25, 0.3) is 0 Å². The van der Waals surface area contributed by atoms with Gasteiger partial charge < -0.3 is 14.8 Å². The van der Waals surface area contributed by atoms with Gasteiger partial charge in [-0.25, -0.2) is 0 Å². The summed E-state index contributed by atoms with van der Waals surface area (Å²) < 4.78 is 10.9. The number of hydrogen-bond donors (Lipinski definition) is 2. The highest BCUT2D eigenvalue weighted by atomic mass is 35.5. The molecular weight excluding hydrogens is 316 g/mol. The SMILES string of the molecule is COCCCNCc1n[nH]c(C)c1Oc1cc(Cl)cc(C#N)c1. The first kappa shape index (κ1) is 17.3. The normalized spacial score (nSPS) is 10.5. The van der Waals surface area contributed by atoms with Crippen molar-refractivity contribution in [3.63, 3.8) is 0 Å². The van der Waals surface area contributed by atoms with E-state index in [0.29, 0.717) is 28.6 Å². The van der Waals surface area contributed by atoms with Gasteiger partial charge >= 0.3 is 0 Å². The summed E-state index contributed by atoms with van der Waals surface area (Å²) in [6.07, 6.45) is 0.927. The van der Waals surface area contributed by atoms with Crippen LogP contribution < -0.4 is 10.1 Å². The molecule has 0 aliphatic heterocycles. The van der Waals surface area contributed by atoms with Crippen LogP contribution in [0.2, 0.25) is 5.02 Å². The standard InChI is InChI=1S/C16H19ClN4O2/c1-11-16(15(21-20-11)10-19-4-3-5-22-2)23-14-7-12(9-18)6-13(17)8-14/h6-8,19H,3-5,10H2,1-2H3,(H,20,21). The highest BCUT2D eigenvalue weighted by molar-refractivity contribution is 6.30. The molecule has 0 unspecified atom stereocenters. The number of hydrogen-bond acceptors (Lipinski definition) is 5. The van der Waals surface area contributed by atoms with E-state index in [4.69, 9.17) is 26.3 Å². The van der Waals surface area contributed by atoms with E-state index in [0.717, 1.165) is 31.0 Å². The predicted molar refractivity (Wildman–Crippen MR) is 87.8 cm³/mol. The van der Waals surface area contributed by atoms with E-state index in [1.165, 1.54) is 0 Å². The van der Waals surface area contributed by atoms with Gasteiger partial charge in [-0.15, -0.1) is 0 Å². The van der Waals surface area contributed by atoms with Crippen LogP contribution in [0.25, 0.3) is 0 Å². The average molecular weight is 335 g/mol. The second-order valence-corrected chi connectivity index (χ2v) is 5.47. The van der Waals surface area contributed by atoms with Gasteiger partial charge in [0, 0.05) is 25.3 Å². The van der Waals surface area contributed by atoms with Gasteiger partial charge in [-0.3, -0.25) is 5.10 Å². The Kier molecular flexibility index (Phi) is 6.41. The van der Waals surface area contributed by atoms with Crippen molar-refractivity contribution < 1.29 is 9.47 Å². The maximum Gasteiger partial charge on any atom is 0.172 e. The Morgan fingerprint density at radius 2 is 2.22 bits per heavy atom. The maximum atomic E-state index is 9.01. The first-order valence-corrected chi connectivity index (χ1v) is 7.64. The van der Waals surface area contributed by atoms with Crippen molar-refractivity contribution in [2.24, 2.45) is 0 Å². The molecule has 7 heteroatoms. The molecule has 0 spiro atoms. The Morgan fingerprint density at radius 1 is 1.39 bits per heavy atom. The van der Waals surface area contributed by atoms with Crippen LogP contribution in [0.3, 0.4) is 0 Å². The number of nitrogens with one attached hydrogen (secondary N) is 2. The smallest absolute Gasteiger partial charge is 0.172 e. The second kappa shape index (κ2) is 8.53. The second-order valence-electron chi connectivity index (χ2n) is 5.04. The molecule has 0 saturated heterocycles. The summed E-state index contributed by atoms with van der Waals surface area (Å²) in [6, 6.07) is 6.97. The zero-order valence-electron chi connectivity index (χ0n) is 13.1. The number of nitriles is 1. The fourth-order valence-corrected chi connectivity index (χ4v) is 2.30. The summed E-state index contributed by atoms with van der Waals surface area (Å²) in [7, 11) is 1.68. The number of methoxy groups -OCH3 is 1. The van der Waals surface area contributed by atoms with Crippen LogP contribution in [0.1, 0.15) is 23.4 Å². The number of nitrogens with zero attached hydrogens (tertiary/aromatic N) is 2. The summed E-state index contributed by atoms with van der Waals surface area (Å²) in [5.74, 6) is 1.16. The number of ether oxygens (including phenoxy) is 2. The lowest BCUT2D eigenvalue weighted by Crippen LogP contribution is -2.16. The molecule has 0 fully saturated rings. The van der Waals surface area contributed by atoms with Crippen LogP contribution in [-0.4, -0.2) is 30.5 Å². The van der Waals surface area contributed by atoms with Crippen LogP contribution >= 0.6 is 11.6 Å². The summed E-state index contributed by atoms with van der Waals surface area (Å²) >= 11 is 6.00. The lowest BCUT2D eigenvalue weighted by molar-refractivity contribution is 0.194. The Bertz CT molecular complexity index is 694. The third-order valence-corrected chi connectivity index (χ3v) is 3.39. The van der Waals surface area contributed by atoms with Gasteiger partial charge in [0.05, 0.1) is 17.3 Å². The summed E-state index contributed by atoms with van der Waals surface area (Å²) in [5, 5.41) is 19.9. The minimum absolute atomic E-state index is 0.452. The number of benzene rings is 1. The van der Waals surface area contributed by atoms with E-state index < -0.39 is 0 Å². The Morgan fingerprint density at radius 3 is 2.96 bits per heavy atom. The molecular formula is C16H19ClN4O2. The van der Waals surface area contributed by atoms with Crippen molar-refractivity contribution >= 4 is 11.6 Å². The lowest BCUT2D eigenvalue weighted by Gasteiger charge is -2.09. The van der Waals surface area contributed by atoms with Crippen molar-refractivity contribution in [1.29, 1.82) is 5.26 Å². The van der Waals surface area contributed by atoms with Gasteiger partial charge in [0.15, 0.2) is 5.75 Å². The molecule has 2 aromatic rings. The van der Waals surface area contributed by atoms with Crippen molar-refractivity contribution in [2.75, 3.05) is 20.3 Å². The fourth-order valence-electron chi connectivity index (χ4n) is 2.08. The van der Waals surface area contributed by atoms with E-state index >= 15 is 0 Å². The largest absolute Gasteiger partial charge is 0.453 e. The van der Waals surface area contributed by atoms with Gasteiger partial charge in [-0.05, 0) is 38.1 Å². The first-order chi connectivity index (χ1) is 11.1. The topological polar surface area (TPSA) is 83.0 Å². The minimum Gasteiger partial charge on any atom is -0.453 e. The van der Waals surface area contributed by atoms with Gasteiger partial charge in [0.1, 0.15) is 11.4 Å². The van der Waals surface area contributed by atoms with Crippen molar-refractivity contribution in [2.45, 2.75) is 19.9 Å². The van der Waals surface area contributed by atoms with Crippen LogP contribution in [0.4, 0.5) is 0 Å². The third-order valence-electron chi connectivity index (χ3n) is 3.18. The zero-order chi connectivity index (χ0) is 16.7. The zero-order valence-corrected chi connectivity index (χ0v) is 13.9. The molecule has 2 N–H and O–H groups in total. The maximum absolute atomic E-state index is 9.01. The molecule has 0 radical (unpaired) electrons. The van der Waals surface area contributed by atoms with E-state index in [1.807, 2.05) is 6.92 Å². The molecule has 1 aromatic carbocycles. The first-order valence-electron chi connectivity index (χ1n) is 7.26. The van der Waals surface area contributed by atoms with Gasteiger partial charge in [-0.1, -0.05) is 11.6 Å². The molecule has 0 bridgehead atoms. The van der Waals surface area contributed by atoms with E-state index in [1.54, 1.807) is 25.3 Å². The molecule has 23 heavy (non-hydrogen) atoms. The summed E-state index contributed by atoms with van der Waals surface area (Å²) in [4.78, 5) is 0. The number of halogens is 1. The Labute approximate surface area is 140 Å². The summed E-state index contributed by atoms with van der Waals surface area (Å²) in [5.41, 5.74) is 2.04. The number of H-pyrrole nitrogens is 1. The molecule has 2 rings (SSSR count). The predicted octanol–water partition coefficient (Wildman–Crippen LogP) is 3.16. The van der Waals surface area contributed by atoms with Crippen LogP contribution in [0.5, 0.6) is 11.5 Å². The lowest BCUT2D eigenvalue weighted by atomic mass is 10.2. The molecule has 6 nitrogen and oxygen atoms in total. The molecule has 1 heterocycles. The van der Waals surface area contributed by atoms with Crippen LogP contribution in [-0.2, 0) is 11.3 Å². The Balaban J connectivity index is 2.07. The van der Waals surface area contributed by atoms with Gasteiger partial charge in [-0.2, -0.15) is 10.4 Å². The van der Waals surface area contributed by atoms with E-state index in [9.17, 15) is 0 Å².